The van der Waals surface area contributed by atoms with Crippen molar-refractivity contribution >= 4 is 39.3 Å². The van der Waals surface area contributed by atoms with E-state index in [2.05, 4.69) is 21.2 Å². The van der Waals surface area contributed by atoms with Crippen LogP contribution in [-0.4, -0.2) is 37.2 Å². The van der Waals surface area contributed by atoms with Crippen LogP contribution < -0.4 is 5.32 Å². The Morgan fingerprint density at radius 2 is 2.00 bits per heavy atom. The third-order valence-corrected chi connectivity index (χ3v) is 5.82. The van der Waals surface area contributed by atoms with Gasteiger partial charge >= 0.3 is 12.0 Å². The van der Waals surface area contributed by atoms with E-state index < -0.39 is 12.0 Å². The number of amides is 2. The first-order valence-electron chi connectivity index (χ1n) is 8.74. The van der Waals surface area contributed by atoms with Gasteiger partial charge in [-0.2, -0.15) is 0 Å². The number of nitrogens with one attached hydrogen (secondary N) is 1. The Bertz CT molecular complexity index is 865. The van der Waals surface area contributed by atoms with E-state index in [4.69, 9.17) is 9.47 Å². The van der Waals surface area contributed by atoms with E-state index >= 15 is 0 Å². The summed E-state index contributed by atoms with van der Waals surface area (Å²) in [7, 11) is 1.55. The Balaban J connectivity index is 1.96. The number of carbonyl (C=O) groups excluding carboxylic acids is 2. The van der Waals surface area contributed by atoms with Crippen molar-refractivity contribution in [1.82, 2.24) is 10.2 Å². The smallest absolute Gasteiger partial charge is 0.338 e. The number of methoxy groups -OCH3 is 1. The minimum atomic E-state index is -0.574. The molecule has 2 aromatic rings. The zero-order chi connectivity index (χ0) is 20.1. The molecule has 1 atom stereocenters. The minimum Gasteiger partial charge on any atom is -0.460 e. The van der Waals surface area contributed by atoms with Gasteiger partial charge in [0.2, 0.25) is 0 Å². The van der Waals surface area contributed by atoms with E-state index in [1.807, 2.05) is 41.8 Å². The largest absolute Gasteiger partial charge is 0.460 e. The van der Waals surface area contributed by atoms with E-state index in [0.717, 1.165) is 14.9 Å². The SMILES string of the molecule is COCCOC(=O)C1=C(C)N(Cc2cccs2)C(=O)NC1c1ccc(Br)cc1. The van der Waals surface area contributed by atoms with Gasteiger partial charge in [-0.25, -0.2) is 9.59 Å². The number of hydrogen-bond acceptors (Lipinski definition) is 5. The van der Waals surface area contributed by atoms with E-state index in [0.29, 0.717) is 24.4 Å². The lowest BCUT2D eigenvalue weighted by Crippen LogP contribution is -2.47. The molecule has 0 radical (unpaired) electrons. The number of halogens is 1. The molecule has 3 rings (SSSR count). The number of carbonyl (C=O) groups is 2. The Labute approximate surface area is 176 Å². The van der Waals surface area contributed by atoms with Gasteiger partial charge in [-0.05, 0) is 36.1 Å². The minimum absolute atomic E-state index is 0.151. The average Bonchev–Trinajstić information content (AvgIpc) is 3.18. The number of nitrogens with zero attached hydrogens (tertiary/aromatic N) is 1. The van der Waals surface area contributed by atoms with Gasteiger partial charge in [-0.15, -0.1) is 11.3 Å². The molecule has 1 aliphatic rings. The molecule has 6 nitrogen and oxygen atoms in total. The number of allylic oxidation sites excluding steroid dienone is 1. The maximum atomic E-state index is 12.9. The van der Waals surface area contributed by atoms with Crippen molar-refractivity contribution < 1.29 is 19.1 Å². The second-order valence-corrected chi connectivity index (χ2v) is 8.18. The maximum absolute atomic E-state index is 12.9. The third-order valence-electron chi connectivity index (χ3n) is 4.43. The normalized spacial score (nSPS) is 16.9. The molecule has 1 unspecified atom stereocenters. The third kappa shape index (κ3) is 4.63. The highest BCUT2D eigenvalue weighted by atomic mass is 79.9. The van der Waals surface area contributed by atoms with Crippen molar-refractivity contribution in [3.05, 3.63) is 68.0 Å². The first-order valence-corrected chi connectivity index (χ1v) is 10.4. The molecule has 0 fully saturated rings. The van der Waals surface area contributed by atoms with Crippen LogP contribution >= 0.6 is 27.3 Å². The lowest BCUT2D eigenvalue weighted by Gasteiger charge is -2.35. The highest BCUT2D eigenvalue weighted by molar-refractivity contribution is 9.10. The summed E-state index contributed by atoms with van der Waals surface area (Å²) in [5.41, 5.74) is 1.83. The Morgan fingerprint density at radius 1 is 1.25 bits per heavy atom. The number of benzene rings is 1. The van der Waals surface area contributed by atoms with Gasteiger partial charge in [0, 0.05) is 22.2 Å². The van der Waals surface area contributed by atoms with Crippen molar-refractivity contribution in [2.45, 2.75) is 19.5 Å². The van der Waals surface area contributed by atoms with Crippen LogP contribution in [0.3, 0.4) is 0 Å². The number of thiophene rings is 1. The summed E-state index contributed by atoms with van der Waals surface area (Å²) >= 11 is 4.97. The molecule has 1 N–H and O–H groups in total. The summed E-state index contributed by atoms with van der Waals surface area (Å²) < 4.78 is 11.3. The second-order valence-electron chi connectivity index (χ2n) is 6.23. The molecule has 0 saturated heterocycles. The van der Waals surface area contributed by atoms with Crippen molar-refractivity contribution in [3.8, 4) is 0 Å². The number of hydrogen-bond donors (Lipinski definition) is 1. The van der Waals surface area contributed by atoms with Gasteiger partial charge in [0.05, 0.1) is 24.8 Å². The predicted octanol–water partition coefficient (Wildman–Crippen LogP) is 4.24. The van der Waals surface area contributed by atoms with E-state index in [1.165, 1.54) is 0 Å². The van der Waals surface area contributed by atoms with Gasteiger partial charge in [-0.1, -0.05) is 34.1 Å². The van der Waals surface area contributed by atoms with Crippen molar-refractivity contribution in [2.75, 3.05) is 20.3 Å². The van der Waals surface area contributed by atoms with Crippen LogP contribution in [0.2, 0.25) is 0 Å². The van der Waals surface area contributed by atoms with Gasteiger partial charge < -0.3 is 14.8 Å². The average molecular weight is 465 g/mol. The predicted molar refractivity (Wildman–Crippen MR) is 111 cm³/mol. The Morgan fingerprint density at radius 3 is 2.64 bits per heavy atom. The number of rotatable bonds is 7. The lowest BCUT2D eigenvalue weighted by molar-refractivity contribution is -0.140. The highest BCUT2D eigenvalue weighted by Gasteiger charge is 2.36. The summed E-state index contributed by atoms with van der Waals surface area (Å²) in [4.78, 5) is 28.3. The fourth-order valence-corrected chi connectivity index (χ4v) is 3.95. The standard InChI is InChI=1S/C20H21BrN2O4S/c1-13-17(19(24)27-10-9-26-2)18(14-5-7-15(21)8-6-14)22-20(25)23(13)12-16-4-3-11-28-16/h3-8,11,18H,9-10,12H2,1-2H3,(H,22,25). The van der Waals surface area contributed by atoms with Crippen LogP contribution in [0.1, 0.15) is 23.4 Å². The summed E-state index contributed by atoms with van der Waals surface area (Å²) in [5.74, 6) is -0.460. The first kappa shape index (κ1) is 20.6. The molecule has 28 heavy (non-hydrogen) atoms. The van der Waals surface area contributed by atoms with Crippen LogP contribution in [0.15, 0.2) is 57.5 Å². The quantitative estimate of drug-likeness (QED) is 0.491. The van der Waals surface area contributed by atoms with E-state index in [9.17, 15) is 9.59 Å². The second kappa shape index (κ2) is 9.36. The van der Waals surface area contributed by atoms with Crippen LogP contribution in [0.25, 0.3) is 0 Å². The molecule has 2 amide bonds. The highest BCUT2D eigenvalue weighted by Crippen LogP contribution is 2.33. The lowest BCUT2D eigenvalue weighted by atomic mass is 9.95. The van der Waals surface area contributed by atoms with E-state index in [1.54, 1.807) is 30.3 Å². The molecule has 0 bridgehead atoms. The van der Waals surface area contributed by atoms with Crippen LogP contribution in [-0.2, 0) is 20.8 Å². The van der Waals surface area contributed by atoms with Gasteiger partial charge in [0.1, 0.15) is 6.61 Å². The van der Waals surface area contributed by atoms with Crippen LogP contribution in [0.5, 0.6) is 0 Å². The number of esters is 1. The molecule has 0 saturated carbocycles. The zero-order valence-corrected chi connectivity index (χ0v) is 18.0. The van der Waals surface area contributed by atoms with Crippen LogP contribution in [0.4, 0.5) is 4.79 Å². The summed E-state index contributed by atoms with van der Waals surface area (Å²) in [6.07, 6.45) is 0. The molecule has 1 aromatic carbocycles. The molecule has 0 aliphatic carbocycles. The van der Waals surface area contributed by atoms with Crippen molar-refractivity contribution in [3.63, 3.8) is 0 Å². The molecular weight excluding hydrogens is 444 g/mol. The first-order chi connectivity index (χ1) is 13.5. The zero-order valence-electron chi connectivity index (χ0n) is 15.6. The maximum Gasteiger partial charge on any atom is 0.338 e. The fraction of sp³-hybridized carbons (Fsp3) is 0.300. The summed E-state index contributed by atoms with van der Waals surface area (Å²) in [5, 5.41) is 4.91. The van der Waals surface area contributed by atoms with Gasteiger partial charge in [-0.3, -0.25) is 4.90 Å². The molecule has 0 spiro atoms. The topological polar surface area (TPSA) is 67.9 Å². The number of ether oxygens (including phenoxy) is 2. The van der Waals surface area contributed by atoms with Crippen molar-refractivity contribution in [1.29, 1.82) is 0 Å². The van der Waals surface area contributed by atoms with Gasteiger partial charge in [0.25, 0.3) is 0 Å². The summed E-state index contributed by atoms with van der Waals surface area (Å²) in [6.45, 7) is 2.65. The molecule has 8 heteroatoms. The Hall–Kier alpha value is -2.16. The molecule has 148 valence electrons. The molecular formula is C20H21BrN2O4S. The van der Waals surface area contributed by atoms with E-state index in [-0.39, 0.29) is 12.6 Å². The van der Waals surface area contributed by atoms with Gasteiger partial charge in [0.15, 0.2) is 0 Å². The monoisotopic (exact) mass is 464 g/mol. The summed E-state index contributed by atoms with van der Waals surface area (Å²) in [6, 6.07) is 10.6. The number of urea groups is 1. The van der Waals surface area contributed by atoms with Crippen LogP contribution in [0, 0.1) is 0 Å². The fourth-order valence-electron chi connectivity index (χ4n) is 3.00. The Kier molecular flexibility index (Phi) is 6.88. The molecule has 1 aromatic heterocycles. The van der Waals surface area contributed by atoms with Crippen molar-refractivity contribution in [2.24, 2.45) is 0 Å². The molecule has 1 aliphatic heterocycles. The molecule has 2 heterocycles.